The van der Waals surface area contributed by atoms with Crippen LogP contribution >= 0.6 is 0 Å². The summed E-state index contributed by atoms with van der Waals surface area (Å²) in [5.74, 6) is 0.444. The Hall–Kier alpha value is -3.67. The summed E-state index contributed by atoms with van der Waals surface area (Å²) in [4.78, 5) is 9.26. The van der Waals surface area contributed by atoms with E-state index in [9.17, 15) is 13.2 Å². The van der Waals surface area contributed by atoms with Gasteiger partial charge in [-0.15, -0.1) is 0 Å². The molecule has 3 aromatic carbocycles. The molecular formula is C23H14F3N3. The molecule has 0 radical (unpaired) electrons. The average molecular weight is 389 g/mol. The zero-order valence-electron chi connectivity index (χ0n) is 15.1. The van der Waals surface area contributed by atoms with Gasteiger partial charge in [-0.05, 0) is 35.9 Å². The predicted octanol–water partition coefficient (Wildman–Crippen LogP) is 6.24. The second kappa shape index (κ2) is 6.44. The minimum atomic E-state index is -4.42. The summed E-state index contributed by atoms with van der Waals surface area (Å²) < 4.78 is 41.7. The molecule has 0 atom stereocenters. The van der Waals surface area contributed by atoms with Gasteiger partial charge in [0.2, 0.25) is 5.78 Å². The molecule has 0 N–H and O–H groups in total. The van der Waals surface area contributed by atoms with Crippen LogP contribution in [-0.2, 0) is 6.18 Å². The van der Waals surface area contributed by atoms with Crippen LogP contribution in [-0.4, -0.2) is 14.4 Å². The topological polar surface area (TPSA) is 30.2 Å². The SMILES string of the molecule is FC(F)(F)c1cccc(-c2cc(-c3ccccc3)nc3nc4ccccc4n23)c1. The molecule has 0 unspecified atom stereocenters. The van der Waals surface area contributed by atoms with Crippen molar-refractivity contribution in [3.63, 3.8) is 0 Å². The molecular weight excluding hydrogens is 375 g/mol. The van der Waals surface area contributed by atoms with Gasteiger partial charge >= 0.3 is 6.18 Å². The van der Waals surface area contributed by atoms with E-state index in [1.807, 2.05) is 60.7 Å². The molecule has 0 amide bonds. The Labute approximate surface area is 164 Å². The zero-order chi connectivity index (χ0) is 20.0. The molecule has 0 saturated carbocycles. The molecule has 29 heavy (non-hydrogen) atoms. The second-order valence-corrected chi connectivity index (χ2v) is 6.71. The molecule has 5 rings (SSSR count). The van der Waals surface area contributed by atoms with Crippen molar-refractivity contribution in [1.82, 2.24) is 14.4 Å². The van der Waals surface area contributed by atoms with Crippen molar-refractivity contribution in [3.8, 4) is 22.5 Å². The summed E-state index contributed by atoms with van der Waals surface area (Å²) in [7, 11) is 0. The summed E-state index contributed by atoms with van der Waals surface area (Å²) >= 11 is 0. The molecule has 0 saturated heterocycles. The molecule has 5 aromatic rings. The monoisotopic (exact) mass is 389 g/mol. The fourth-order valence-electron chi connectivity index (χ4n) is 3.48. The van der Waals surface area contributed by atoms with Crippen LogP contribution in [0.3, 0.4) is 0 Å². The predicted molar refractivity (Wildman–Crippen MR) is 106 cm³/mol. The maximum atomic E-state index is 13.3. The minimum absolute atomic E-state index is 0.444. The molecule has 3 nitrogen and oxygen atoms in total. The molecule has 142 valence electrons. The first-order valence-corrected chi connectivity index (χ1v) is 9.02. The lowest BCUT2D eigenvalue weighted by Crippen LogP contribution is -2.05. The zero-order valence-corrected chi connectivity index (χ0v) is 15.1. The van der Waals surface area contributed by atoms with Crippen LogP contribution < -0.4 is 0 Å². The molecule has 6 heteroatoms. The quantitative estimate of drug-likeness (QED) is 0.358. The third-order valence-electron chi connectivity index (χ3n) is 4.83. The highest BCUT2D eigenvalue weighted by Crippen LogP contribution is 2.34. The van der Waals surface area contributed by atoms with Gasteiger partial charge in [-0.2, -0.15) is 13.2 Å². The number of para-hydroxylation sites is 2. The van der Waals surface area contributed by atoms with E-state index in [1.54, 1.807) is 10.5 Å². The first-order chi connectivity index (χ1) is 14.0. The Bertz CT molecular complexity index is 1340. The average Bonchev–Trinajstić information content (AvgIpc) is 3.12. The number of aromatic nitrogens is 3. The van der Waals surface area contributed by atoms with Crippen LogP contribution in [0.4, 0.5) is 13.2 Å². The molecule has 0 fully saturated rings. The second-order valence-electron chi connectivity index (χ2n) is 6.71. The van der Waals surface area contributed by atoms with Gasteiger partial charge in [0.15, 0.2) is 0 Å². The number of nitrogens with zero attached hydrogens (tertiary/aromatic N) is 3. The lowest BCUT2D eigenvalue weighted by atomic mass is 10.0. The van der Waals surface area contributed by atoms with Gasteiger partial charge < -0.3 is 0 Å². The normalized spacial score (nSPS) is 12.0. The maximum absolute atomic E-state index is 13.3. The van der Waals surface area contributed by atoms with Crippen LogP contribution in [0.15, 0.2) is 84.9 Å². The van der Waals surface area contributed by atoms with Crippen LogP contribution in [0.25, 0.3) is 39.3 Å². The number of fused-ring (bicyclic) bond motifs is 3. The van der Waals surface area contributed by atoms with Crippen LogP contribution in [0.1, 0.15) is 5.56 Å². The van der Waals surface area contributed by atoms with E-state index in [0.717, 1.165) is 28.7 Å². The standard InChI is InChI=1S/C23H14F3N3/c24-23(25,26)17-10-6-9-16(13-17)21-14-19(15-7-2-1-3-8-15)28-22-27-18-11-4-5-12-20(18)29(21)22/h1-14H. The Morgan fingerprint density at radius 1 is 0.690 bits per heavy atom. The number of halogens is 3. The van der Waals surface area contributed by atoms with E-state index in [-0.39, 0.29) is 0 Å². The Morgan fingerprint density at radius 2 is 1.41 bits per heavy atom. The first-order valence-electron chi connectivity index (χ1n) is 9.02. The number of hydrogen-bond acceptors (Lipinski definition) is 2. The van der Waals surface area contributed by atoms with E-state index >= 15 is 0 Å². The van der Waals surface area contributed by atoms with Crippen molar-refractivity contribution in [2.75, 3.05) is 0 Å². The van der Waals surface area contributed by atoms with E-state index in [1.165, 1.54) is 6.07 Å². The summed E-state index contributed by atoms with van der Waals surface area (Å²) in [6.45, 7) is 0. The van der Waals surface area contributed by atoms with Gasteiger partial charge in [0.05, 0.1) is 28.0 Å². The molecule has 0 aliphatic carbocycles. The van der Waals surface area contributed by atoms with Crippen molar-refractivity contribution in [2.24, 2.45) is 0 Å². The third-order valence-corrected chi connectivity index (χ3v) is 4.83. The fourth-order valence-corrected chi connectivity index (χ4v) is 3.48. The number of rotatable bonds is 2. The van der Waals surface area contributed by atoms with Crippen molar-refractivity contribution in [3.05, 3.63) is 90.5 Å². The van der Waals surface area contributed by atoms with Gasteiger partial charge in [-0.1, -0.05) is 54.6 Å². The van der Waals surface area contributed by atoms with Crippen LogP contribution in [0, 0.1) is 0 Å². The molecule has 0 spiro atoms. The number of imidazole rings is 1. The number of alkyl halides is 3. The third kappa shape index (κ3) is 3.02. The summed E-state index contributed by atoms with van der Waals surface area (Å²) in [5, 5.41) is 0. The van der Waals surface area contributed by atoms with E-state index < -0.39 is 11.7 Å². The van der Waals surface area contributed by atoms with Gasteiger partial charge in [0.1, 0.15) is 0 Å². The smallest absolute Gasteiger partial charge is 0.276 e. The van der Waals surface area contributed by atoms with Crippen LogP contribution in [0.5, 0.6) is 0 Å². The van der Waals surface area contributed by atoms with Crippen molar-refractivity contribution >= 4 is 16.8 Å². The van der Waals surface area contributed by atoms with E-state index in [4.69, 9.17) is 0 Å². The highest BCUT2D eigenvalue weighted by Gasteiger charge is 2.30. The highest BCUT2D eigenvalue weighted by molar-refractivity contribution is 5.84. The van der Waals surface area contributed by atoms with E-state index in [0.29, 0.717) is 22.7 Å². The largest absolute Gasteiger partial charge is 0.416 e. The number of benzene rings is 3. The Balaban J connectivity index is 1.85. The fraction of sp³-hybridized carbons (Fsp3) is 0.0435. The van der Waals surface area contributed by atoms with Crippen LogP contribution in [0.2, 0.25) is 0 Å². The molecule has 0 bridgehead atoms. The van der Waals surface area contributed by atoms with Crippen molar-refractivity contribution < 1.29 is 13.2 Å². The minimum Gasteiger partial charge on any atom is -0.276 e. The van der Waals surface area contributed by atoms with Gasteiger partial charge in [-0.25, -0.2) is 9.97 Å². The van der Waals surface area contributed by atoms with Crippen molar-refractivity contribution in [1.29, 1.82) is 0 Å². The molecule has 0 aliphatic rings. The van der Waals surface area contributed by atoms with E-state index in [2.05, 4.69) is 9.97 Å². The van der Waals surface area contributed by atoms with Crippen molar-refractivity contribution in [2.45, 2.75) is 6.18 Å². The first kappa shape index (κ1) is 17.4. The lowest BCUT2D eigenvalue weighted by molar-refractivity contribution is -0.137. The van der Waals surface area contributed by atoms with Gasteiger partial charge in [0, 0.05) is 5.56 Å². The lowest BCUT2D eigenvalue weighted by Gasteiger charge is -2.12. The van der Waals surface area contributed by atoms with Gasteiger partial charge in [0.25, 0.3) is 0 Å². The summed E-state index contributed by atoms with van der Waals surface area (Å²) in [5.41, 5.74) is 3.42. The summed E-state index contributed by atoms with van der Waals surface area (Å²) in [6, 6.07) is 24.2. The molecule has 0 aliphatic heterocycles. The molecule has 2 aromatic heterocycles. The number of hydrogen-bond donors (Lipinski definition) is 0. The Kier molecular flexibility index (Phi) is 3.87. The Morgan fingerprint density at radius 3 is 2.21 bits per heavy atom. The molecule has 2 heterocycles. The summed E-state index contributed by atoms with van der Waals surface area (Å²) in [6.07, 6.45) is -4.42. The van der Waals surface area contributed by atoms with Gasteiger partial charge in [-0.3, -0.25) is 4.40 Å². The maximum Gasteiger partial charge on any atom is 0.416 e. The highest BCUT2D eigenvalue weighted by atomic mass is 19.4.